The molecule has 3 heteroatoms. The van der Waals surface area contributed by atoms with Crippen molar-refractivity contribution in [2.24, 2.45) is 7.05 Å². The second-order valence-corrected chi connectivity index (χ2v) is 3.97. The Morgan fingerprint density at radius 1 is 1.06 bits per heavy atom. The molecular formula is C13H12N2O. The van der Waals surface area contributed by atoms with Crippen molar-refractivity contribution in [3.05, 3.63) is 36.4 Å². The summed E-state index contributed by atoms with van der Waals surface area (Å²) >= 11 is 0. The second kappa shape index (κ2) is 2.92. The van der Waals surface area contributed by atoms with Crippen molar-refractivity contribution in [1.29, 1.82) is 0 Å². The van der Waals surface area contributed by atoms with Crippen molar-refractivity contribution in [3.8, 4) is 5.75 Å². The van der Waals surface area contributed by atoms with Gasteiger partial charge in [0.25, 0.3) is 0 Å². The van der Waals surface area contributed by atoms with Gasteiger partial charge in [-0.1, -0.05) is 18.2 Å². The Kier molecular flexibility index (Phi) is 1.66. The van der Waals surface area contributed by atoms with E-state index >= 15 is 0 Å². The number of anilines is 1. The summed E-state index contributed by atoms with van der Waals surface area (Å²) in [5.41, 5.74) is 8.36. The average molecular weight is 212 g/mol. The normalized spacial score (nSPS) is 11.3. The van der Waals surface area contributed by atoms with E-state index in [0.717, 1.165) is 21.8 Å². The summed E-state index contributed by atoms with van der Waals surface area (Å²) < 4.78 is 2.01. The van der Waals surface area contributed by atoms with Gasteiger partial charge < -0.3 is 15.4 Å². The van der Waals surface area contributed by atoms with Gasteiger partial charge in [-0.05, 0) is 18.2 Å². The smallest absolute Gasteiger partial charge is 0.140 e. The van der Waals surface area contributed by atoms with Crippen molar-refractivity contribution >= 4 is 27.5 Å². The molecule has 3 nitrogen and oxygen atoms in total. The van der Waals surface area contributed by atoms with Crippen molar-refractivity contribution in [3.63, 3.8) is 0 Å². The summed E-state index contributed by atoms with van der Waals surface area (Å²) in [6, 6.07) is 11.7. The van der Waals surface area contributed by atoms with E-state index in [1.165, 1.54) is 0 Å². The van der Waals surface area contributed by atoms with E-state index < -0.39 is 0 Å². The fourth-order valence-electron chi connectivity index (χ4n) is 2.29. The summed E-state index contributed by atoms with van der Waals surface area (Å²) in [5.74, 6) is 0.137. The predicted molar refractivity (Wildman–Crippen MR) is 66.5 cm³/mol. The van der Waals surface area contributed by atoms with E-state index in [-0.39, 0.29) is 5.75 Å². The van der Waals surface area contributed by atoms with Gasteiger partial charge in [-0.3, -0.25) is 0 Å². The number of para-hydroxylation sites is 1. The minimum Gasteiger partial charge on any atom is -0.506 e. The number of nitrogens with zero attached hydrogens (tertiary/aromatic N) is 1. The highest BCUT2D eigenvalue weighted by Crippen LogP contribution is 2.35. The number of fused-ring (bicyclic) bond motifs is 3. The molecule has 2 aromatic carbocycles. The maximum Gasteiger partial charge on any atom is 0.140 e. The van der Waals surface area contributed by atoms with Gasteiger partial charge in [-0.2, -0.15) is 0 Å². The highest BCUT2D eigenvalue weighted by molar-refractivity contribution is 6.12. The van der Waals surface area contributed by atoms with E-state index in [1.807, 2.05) is 35.9 Å². The molecule has 0 aliphatic rings. The SMILES string of the molecule is Cn1c2ccccc2c2ccc(O)c(N)c21. The molecule has 0 amide bonds. The topological polar surface area (TPSA) is 51.2 Å². The average Bonchev–Trinajstić information content (AvgIpc) is 2.59. The standard InChI is InChI=1S/C13H12N2O/c1-15-10-5-3-2-4-8(10)9-6-7-11(16)12(14)13(9)15/h2-7,16H,14H2,1H3. The van der Waals surface area contributed by atoms with Gasteiger partial charge in [0, 0.05) is 23.3 Å². The number of benzene rings is 2. The molecule has 0 saturated carbocycles. The molecule has 3 N–H and O–H groups in total. The van der Waals surface area contributed by atoms with Gasteiger partial charge in [0.15, 0.2) is 0 Å². The van der Waals surface area contributed by atoms with Crippen LogP contribution in [-0.2, 0) is 7.05 Å². The van der Waals surface area contributed by atoms with Crippen LogP contribution < -0.4 is 5.73 Å². The number of hydrogen-bond donors (Lipinski definition) is 2. The van der Waals surface area contributed by atoms with Gasteiger partial charge in [0.2, 0.25) is 0 Å². The monoisotopic (exact) mass is 212 g/mol. The largest absolute Gasteiger partial charge is 0.506 e. The highest BCUT2D eigenvalue weighted by atomic mass is 16.3. The van der Waals surface area contributed by atoms with Crippen LogP contribution in [0.2, 0.25) is 0 Å². The first-order chi connectivity index (χ1) is 7.70. The Labute approximate surface area is 92.7 Å². The van der Waals surface area contributed by atoms with E-state index in [1.54, 1.807) is 6.07 Å². The predicted octanol–water partition coefficient (Wildman–Crippen LogP) is 2.62. The first-order valence-electron chi connectivity index (χ1n) is 5.14. The number of aromatic hydroxyl groups is 1. The molecule has 80 valence electrons. The molecule has 0 unspecified atom stereocenters. The summed E-state index contributed by atoms with van der Waals surface area (Å²) in [7, 11) is 1.96. The van der Waals surface area contributed by atoms with Crippen LogP contribution in [0.1, 0.15) is 0 Å². The van der Waals surface area contributed by atoms with Crippen molar-refractivity contribution in [2.75, 3.05) is 5.73 Å². The number of phenols is 1. The van der Waals surface area contributed by atoms with E-state index in [4.69, 9.17) is 5.73 Å². The molecule has 0 atom stereocenters. The Balaban J connectivity index is 2.67. The summed E-state index contributed by atoms with van der Waals surface area (Å²) in [6.07, 6.45) is 0. The number of phenolic OH excluding ortho intramolecular Hbond substituents is 1. The maximum absolute atomic E-state index is 9.63. The van der Waals surface area contributed by atoms with Gasteiger partial charge in [0.05, 0.1) is 11.2 Å². The second-order valence-electron chi connectivity index (χ2n) is 3.97. The Bertz CT molecular complexity index is 698. The quantitative estimate of drug-likeness (QED) is 0.444. The van der Waals surface area contributed by atoms with E-state index in [9.17, 15) is 5.11 Å². The molecule has 1 heterocycles. The number of aryl methyl sites for hydroxylation is 1. The maximum atomic E-state index is 9.63. The lowest BCUT2D eigenvalue weighted by atomic mass is 10.1. The Morgan fingerprint density at radius 2 is 1.81 bits per heavy atom. The van der Waals surface area contributed by atoms with Crippen molar-refractivity contribution in [2.45, 2.75) is 0 Å². The number of aromatic nitrogens is 1. The molecule has 0 radical (unpaired) electrons. The lowest BCUT2D eigenvalue weighted by Gasteiger charge is -2.03. The van der Waals surface area contributed by atoms with Crippen LogP contribution in [0, 0.1) is 0 Å². The van der Waals surface area contributed by atoms with Crippen LogP contribution >= 0.6 is 0 Å². The van der Waals surface area contributed by atoms with Crippen LogP contribution in [0.4, 0.5) is 5.69 Å². The number of nitrogens with two attached hydrogens (primary N) is 1. The zero-order chi connectivity index (χ0) is 11.3. The van der Waals surface area contributed by atoms with Gasteiger partial charge in [-0.25, -0.2) is 0 Å². The lowest BCUT2D eigenvalue weighted by Crippen LogP contribution is -1.93. The Hall–Kier alpha value is -2.16. The number of hydrogen-bond acceptors (Lipinski definition) is 2. The summed E-state index contributed by atoms with van der Waals surface area (Å²) in [4.78, 5) is 0. The summed E-state index contributed by atoms with van der Waals surface area (Å²) in [5, 5.41) is 11.9. The van der Waals surface area contributed by atoms with Crippen LogP contribution in [0.15, 0.2) is 36.4 Å². The third kappa shape index (κ3) is 0.972. The molecule has 0 spiro atoms. The van der Waals surface area contributed by atoms with Crippen molar-refractivity contribution in [1.82, 2.24) is 4.57 Å². The molecule has 0 aliphatic carbocycles. The third-order valence-corrected chi connectivity index (χ3v) is 3.09. The minimum absolute atomic E-state index is 0.137. The van der Waals surface area contributed by atoms with Crippen LogP contribution in [0.25, 0.3) is 21.8 Å². The zero-order valence-corrected chi connectivity index (χ0v) is 8.94. The molecule has 0 fully saturated rings. The number of nitrogen functional groups attached to an aromatic ring is 1. The molecule has 0 aliphatic heterocycles. The molecule has 0 bridgehead atoms. The lowest BCUT2D eigenvalue weighted by molar-refractivity contribution is 0.478. The van der Waals surface area contributed by atoms with Gasteiger partial charge in [0.1, 0.15) is 5.75 Å². The molecule has 16 heavy (non-hydrogen) atoms. The molecule has 3 rings (SSSR count). The van der Waals surface area contributed by atoms with Crippen LogP contribution in [0.5, 0.6) is 5.75 Å². The molecule has 1 aromatic heterocycles. The summed E-state index contributed by atoms with van der Waals surface area (Å²) in [6.45, 7) is 0. The van der Waals surface area contributed by atoms with E-state index in [2.05, 4.69) is 6.07 Å². The first-order valence-corrected chi connectivity index (χ1v) is 5.14. The third-order valence-electron chi connectivity index (χ3n) is 3.09. The zero-order valence-electron chi connectivity index (χ0n) is 8.94. The first kappa shape index (κ1) is 9.09. The Morgan fingerprint density at radius 3 is 2.62 bits per heavy atom. The fraction of sp³-hybridized carbons (Fsp3) is 0.0769. The van der Waals surface area contributed by atoms with Crippen LogP contribution in [0.3, 0.4) is 0 Å². The molecular weight excluding hydrogens is 200 g/mol. The number of rotatable bonds is 0. The fourth-order valence-corrected chi connectivity index (χ4v) is 2.29. The highest BCUT2D eigenvalue weighted by Gasteiger charge is 2.11. The minimum atomic E-state index is 0.137. The molecule has 0 saturated heterocycles. The van der Waals surface area contributed by atoms with Crippen LogP contribution in [-0.4, -0.2) is 9.67 Å². The van der Waals surface area contributed by atoms with Crippen molar-refractivity contribution < 1.29 is 5.11 Å². The van der Waals surface area contributed by atoms with Gasteiger partial charge >= 0.3 is 0 Å². The van der Waals surface area contributed by atoms with E-state index in [0.29, 0.717) is 5.69 Å². The molecule has 3 aromatic rings. The van der Waals surface area contributed by atoms with Gasteiger partial charge in [-0.15, -0.1) is 0 Å².